The lowest BCUT2D eigenvalue weighted by molar-refractivity contribution is -0.154. The average molecular weight is 201 g/mol. The van der Waals surface area contributed by atoms with Gasteiger partial charge in [-0.3, -0.25) is 9.69 Å². The maximum absolute atomic E-state index is 10.8. The molecule has 0 spiro atoms. The second kappa shape index (κ2) is 3.51. The van der Waals surface area contributed by atoms with Gasteiger partial charge >= 0.3 is 5.97 Å². The SMILES string of the molecule is CCC1(O)CN(CC(C)(C)C(=O)O)C1. The predicted molar refractivity (Wildman–Crippen MR) is 53.1 cm³/mol. The number of aliphatic carboxylic acids is 1. The van der Waals surface area contributed by atoms with Crippen LogP contribution in [0.25, 0.3) is 0 Å². The summed E-state index contributed by atoms with van der Waals surface area (Å²) in [6.07, 6.45) is 0.733. The average Bonchev–Trinajstić information content (AvgIpc) is 2.00. The van der Waals surface area contributed by atoms with E-state index in [1.165, 1.54) is 0 Å². The van der Waals surface area contributed by atoms with Crippen molar-refractivity contribution in [1.82, 2.24) is 4.90 Å². The molecule has 14 heavy (non-hydrogen) atoms. The van der Waals surface area contributed by atoms with Gasteiger partial charge in [-0.1, -0.05) is 6.92 Å². The minimum atomic E-state index is -0.788. The van der Waals surface area contributed by atoms with Crippen LogP contribution in [0.3, 0.4) is 0 Å². The lowest BCUT2D eigenvalue weighted by Crippen LogP contribution is -2.63. The van der Waals surface area contributed by atoms with Crippen LogP contribution >= 0.6 is 0 Å². The van der Waals surface area contributed by atoms with E-state index in [-0.39, 0.29) is 0 Å². The van der Waals surface area contributed by atoms with Crippen molar-refractivity contribution in [2.24, 2.45) is 5.41 Å². The van der Waals surface area contributed by atoms with Crippen LogP contribution in [0.5, 0.6) is 0 Å². The zero-order valence-electron chi connectivity index (χ0n) is 9.08. The normalized spacial score (nSPS) is 21.7. The molecule has 1 aliphatic heterocycles. The Balaban J connectivity index is 2.40. The van der Waals surface area contributed by atoms with Crippen LogP contribution in [0.2, 0.25) is 0 Å². The first kappa shape index (κ1) is 11.5. The van der Waals surface area contributed by atoms with Crippen LogP contribution in [0, 0.1) is 5.41 Å². The van der Waals surface area contributed by atoms with Gasteiger partial charge in [-0.05, 0) is 20.3 Å². The molecule has 0 aromatic carbocycles. The van der Waals surface area contributed by atoms with Crippen LogP contribution < -0.4 is 0 Å². The van der Waals surface area contributed by atoms with E-state index in [4.69, 9.17) is 5.11 Å². The van der Waals surface area contributed by atoms with Gasteiger partial charge in [-0.15, -0.1) is 0 Å². The molecular formula is C10H19NO3. The number of hydrogen-bond donors (Lipinski definition) is 2. The zero-order chi connectivity index (χ0) is 11.0. The van der Waals surface area contributed by atoms with Crippen molar-refractivity contribution in [2.75, 3.05) is 19.6 Å². The summed E-state index contributed by atoms with van der Waals surface area (Å²) in [6, 6.07) is 0. The highest BCUT2D eigenvalue weighted by atomic mass is 16.4. The Morgan fingerprint density at radius 2 is 2.00 bits per heavy atom. The van der Waals surface area contributed by atoms with Crippen LogP contribution in [-0.2, 0) is 4.79 Å². The largest absolute Gasteiger partial charge is 0.481 e. The maximum Gasteiger partial charge on any atom is 0.310 e. The van der Waals surface area contributed by atoms with E-state index in [0.29, 0.717) is 19.6 Å². The molecule has 0 aromatic heterocycles. The second-order valence-electron chi connectivity index (χ2n) is 4.91. The molecule has 0 saturated carbocycles. The molecule has 1 fully saturated rings. The van der Waals surface area contributed by atoms with E-state index in [1.54, 1.807) is 13.8 Å². The van der Waals surface area contributed by atoms with Gasteiger partial charge in [0, 0.05) is 19.6 Å². The Morgan fingerprint density at radius 1 is 1.50 bits per heavy atom. The van der Waals surface area contributed by atoms with E-state index >= 15 is 0 Å². The van der Waals surface area contributed by atoms with Gasteiger partial charge in [0.25, 0.3) is 0 Å². The molecule has 1 rings (SSSR count). The first-order valence-electron chi connectivity index (χ1n) is 4.97. The van der Waals surface area contributed by atoms with Crippen molar-refractivity contribution in [1.29, 1.82) is 0 Å². The van der Waals surface area contributed by atoms with Crippen LogP contribution in [0.1, 0.15) is 27.2 Å². The number of carbonyl (C=O) groups is 1. The molecule has 1 heterocycles. The third kappa shape index (κ3) is 2.25. The fraction of sp³-hybridized carbons (Fsp3) is 0.900. The molecule has 4 nitrogen and oxygen atoms in total. The standard InChI is InChI=1S/C10H19NO3/c1-4-10(14)6-11(7-10)5-9(2,3)8(12)13/h14H,4-7H2,1-3H3,(H,12,13). The Kier molecular flexibility index (Phi) is 2.88. The molecule has 82 valence electrons. The monoisotopic (exact) mass is 201 g/mol. The fourth-order valence-electron chi connectivity index (χ4n) is 1.75. The van der Waals surface area contributed by atoms with Gasteiger partial charge in [0.2, 0.25) is 0 Å². The summed E-state index contributed by atoms with van der Waals surface area (Å²) in [4.78, 5) is 12.8. The van der Waals surface area contributed by atoms with E-state index in [1.807, 2.05) is 11.8 Å². The lowest BCUT2D eigenvalue weighted by Gasteiger charge is -2.48. The Morgan fingerprint density at radius 3 is 2.36 bits per heavy atom. The molecule has 0 radical (unpaired) electrons. The van der Waals surface area contributed by atoms with Crippen LogP contribution in [-0.4, -0.2) is 46.3 Å². The first-order valence-corrected chi connectivity index (χ1v) is 4.97. The van der Waals surface area contributed by atoms with Crippen molar-refractivity contribution < 1.29 is 15.0 Å². The third-order valence-electron chi connectivity index (χ3n) is 2.89. The Hall–Kier alpha value is -0.610. The molecule has 1 saturated heterocycles. The molecule has 2 N–H and O–H groups in total. The Bertz CT molecular complexity index is 232. The van der Waals surface area contributed by atoms with Crippen molar-refractivity contribution in [3.8, 4) is 0 Å². The summed E-state index contributed by atoms with van der Waals surface area (Å²) >= 11 is 0. The van der Waals surface area contributed by atoms with Gasteiger partial charge in [0.1, 0.15) is 0 Å². The molecule has 0 unspecified atom stereocenters. The van der Waals surface area contributed by atoms with Gasteiger partial charge in [-0.25, -0.2) is 0 Å². The van der Waals surface area contributed by atoms with Gasteiger partial charge in [-0.2, -0.15) is 0 Å². The summed E-state index contributed by atoms with van der Waals surface area (Å²) in [5.74, 6) is -0.788. The molecule has 0 amide bonds. The summed E-state index contributed by atoms with van der Waals surface area (Å²) in [6.45, 7) is 7.06. The number of β-amino-alcohol motifs (C(OH)–C–C–N with tert-alkyl or cyclic N) is 1. The van der Waals surface area contributed by atoms with Crippen molar-refractivity contribution in [3.05, 3.63) is 0 Å². The molecule has 0 atom stereocenters. The van der Waals surface area contributed by atoms with Crippen molar-refractivity contribution in [3.63, 3.8) is 0 Å². The molecule has 0 bridgehead atoms. The van der Waals surface area contributed by atoms with Crippen LogP contribution in [0.4, 0.5) is 0 Å². The number of hydrogen-bond acceptors (Lipinski definition) is 3. The highest BCUT2D eigenvalue weighted by Gasteiger charge is 2.42. The smallest absolute Gasteiger partial charge is 0.310 e. The minimum Gasteiger partial charge on any atom is -0.481 e. The van der Waals surface area contributed by atoms with Gasteiger partial charge in [0.05, 0.1) is 11.0 Å². The quantitative estimate of drug-likeness (QED) is 0.697. The highest BCUT2D eigenvalue weighted by Crippen LogP contribution is 2.28. The molecular weight excluding hydrogens is 182 g/mol. The predicted octanol–water partition coefficient (Wildman–Crippen LogP) is 0.554. The van der Waals surface area contributed by atoms with Gasteiger partial charge in [0.15, 0.2) is 0 Å². The fourth-order valence-corrected chi connectivity index (χ4v) is 1.75. The van der Waals surface area contributed by atoms with Gasteiger partial charge < -0.3 is 10.2 Å². The molecule has 0 aliphatic carbocycles. The molecule has 0 aromatic rings. The Labute approximate surface area is 84.5 Å². The third-order valence-corrected chi connectivity index (χ3v) is 2.89. The summed E-state index contributed by atoms with van der Waals surface area (Å²) in [5.41, 5.74) is -1.30. The molecule has 1 aliphatic rings. The summed E-state index contributed by atoms with van der Waals surface area (Å²) in [7, 11) is 0. The number of likely N-dealkylation sites (tertiary alicyclic amines) is 1. The topological polar surface area (TPSA) is 60.8 Å². The van der Waals surface area contributed by atoms with E-state index in [2.05, 4.69) is 0 Å². The van der Waals surface area contributed by atoms with E-state index in [9.17, 15) is 9.90 Å². The number of carboxylic acid groups (broad SMARTS) is 1. The zero-order valence-corrected chi connectivity index (χ0v) is 9.08. The summed E-state index contributed by atoms with van der Waals surface area (Å²) < 4.78 is 0. The lowest BCUT2D eigenvalue weighted by atomic mass is 9.86. The number of aliphatic hydroxyl groups is 1. The number of carboxylic acids is 1. The van der Waals surface area contributed by atoms with Crippen LogP contribution in [0.15, 0.2) is 0 Å². The first-order chi connectivity index (χ1) is 6.29. The van der Waals surface area contributed by atoms with E-state index < -0.39 is 17.0 Å². The number of rotatable bonds is 4. The van der Waals surface area contributed by atoms with Crippen molar-refractivity contribution >= 4 is 5.97 Å². The minimum absolute atomic E-state index is 0.505. The van der Waals surface area contributed by atoms with E-state index in [0.717, 1.165) is 6.42 Å². The second-order valence-corrected chi connectivity index (χ2v) is 4.91. The summed E-state index contributed by atoms with van der Waals surface area (Å²) in [5, 5.41) is 18.6. The highest BCUT2D eigenvalue weighted by molar-refractivity contribution is 5.73. The molecule has 4 heteroatoms. The maximum atomic E-state index is 10.8. The van der Waals surface area contributed by atoms with Crippen molar-refractivity contribution in [2.45, 2.75) is 32.8 Å². The number of nitrogens with zero attached hydrogens (tertiary/aromatic N) is 1.